The van der Waals surface area contributed by atoms with Crippen LogP contribution < -0.4 is 9.47 Å². The molecule has 0 amide bonds. The highest BCUT2D eigenvalue weighted by Crippen LogP contribution is 2.33. The molecule has 0 spiro atoms. The molecular formula is C19H29N3O2. The summed E-state index contributed by atoms with van der Waals surface area (Å²) in [6.45, 7) is 13.4. The van der Waals surface area contributed by atoms with Gasteiger partial charge in [-0.3, -0.25) is 9.80 Å². The molecule has 1 aromatic carbocycles. The van der Waals surface area contributed by atoms with Gasteiger partial charge < -0.3 is 9.47 Å². The summed E-state index contributed by atoms with van der Waals surface area (Å²) in [6, 6.07) is 8.55. The van der Waals surface area contributed by atoms with Gasteiger partial charge in [-0.05, 0) is 45.0 Å². The summed E-state index contributed by atoms with van der Waals surface area (Å²) in [4.78, 5) is 4.72. The molecule has 1 saturated heterocycles. The average Bonchev–Trinajstić information content (AvgIpc) is 2.58. The van der Waals surface area contributed by atoms with E-state index < -0.39 is 0 Å². The molecule has 0 aromatic heterocycles. The SMILES string of the molecule is CCOc1ccc(C(C#N)N2CCN(CC)C(C)C2)cc1OCC. The third-order valence-electron chi connectivity index (χ3n) is 4.57. The molecule has 24 heavy (non-hydrogen) atoms. The summed E-state index contributed by atoms with van der Waals surface area (Å²) >= 11 is 0. The van der Waals surface area contributed by atoms with Crippen LogP contribution in [0.3, 0.4) is 0 Å². The number of nitriles is 1. The van der Waals surface area contributed by atoms with Gasteiger partial charge in [0.15, 0.2) is 11.5 Å². The van der Waals surface area contributed by atoms with E-state index in [0.717, 1.165) is 43.2 Å². The summed E-state index contributed by atoms with van der Waals surface area (Å²) < 4.78 is 11.3. The zero-order valence-electron chi connectivity index (χ0n) is 15.3. The fourth-order valence-corrected chi connectivity index (χ4v) is 3.33. The van der Waals surface area contributed by atoms with Gasteiger partial charge in [0.1, 0.15) is 6.04 Å². The predicted molar refractivity (Wildman–Crippen MR) is 95.4 cm³/mol. The summed E-state index contributed by atoms with van der Waals surface area (Å²) in [5.41, 5.74) is 0.974. The van der Waals surface area contributed by atoms with Crippen LogP contribution >= 0.6 is 0 Å². The van der Waals surface area contributed by atoms with E-state index in [4.69, 9.17) is 9.47 Å². The molecule has 1 fully saturated rings. The summed E-state index contributed by atoms with van der Waals surface area (Å²) in [5.74, 6) is 1.46. The number of hydrogen-bond acceptors (Lipinski definition) is 5. The van der Waals surface area contributed by atoms with Crippen LogP contribution in [0.2, 0.25) is 0 Å². The molecule has 0 saturated carbocycles. The molecule has 5 nitrogen and oxygen atoms in total. The second kappa shape index (κ2) is 8.91. The Morgan fingerprint density at radius 3 is 2.46 bits per heavy atom. The van der Waals surface area contributed by atoms with E-state index in [1.54, 1.807) is 0 Å². The molecule has 132 valence electrons. The number of likely N-dealkylation sites (N-methyl/N-ethyl adjacent to an activating group) is 1. The Hall–Kier alpha value is -1.77. The second-order valence-corrected chi connectivity index (χ2v) is 6.08. The van der Waals surface area contributed by atoms with Crippen molar-refractivity contribution < 1.29 is 9.47 Å². The first-order valence-electron chi connectivity index (χ1n) is 8.91. The van der Waals surface area contributed by atoms with Gasteiger partial charge >= 0.3 is 0 Å². The van der Waals surface area contributed by atoms with Crippen LogP contribution in [0.15, 0.2) is 18.2 Å². The Kier molecular flexibility index (Phi) is 6.89. The van der Waals surface area contributed by atoms with Crippen LogP contribution in [0.5, 0.6) is 11.5 Å². The van der Waals surface area contributed by atoms with E-state index in [0.29, 0.717) is 19.3 Å². The fraction of sp³-hybridized carbons (Fsp3) is 0.632. The van der Waals surface area contributed by atoms with Gasteiger partial charge in [0, 0.05) is 25.7 Å². The highest BCUT2D eigenvalue weighted by Gasteiger charge is 2.29. The lowest BCUT2D eigenvalue weighted by Gasteiger charge is -2.41. The van der Waals surface area contributed by atoms with Crippen molar-refractivity contribution >= 4 is 0 Å². The molecule has 1 heterocycles. The first-order chi connectivity index (χ1) is 11.6. The number of rotatable bonds is 7. The van der Waals surface area contributed by atoms with Crippen LogP contribution in [0.4, 0.5) is 0 Å². The second-order valence-electron chi connectivity index (χ2n) is 6.08. The van der Waals surface area contributed by atoms with Crippen LogP contribution in [0.1, 0.15) is 39.3 Å². The van der Waals surface area contributed by atoms with Crippen molar-refractivity contribution in [3.05, 3.63) is 23.8 Å². The minimum Gasteiger partial charge on any atom is -0.490 e. The van der Waals surface area contributed by atoms with E-state index in [-0.39, 0.29) is 6.04 Å². The predicted octanol–water partition coefficient (Wildman–Crippen LogP) is 3.07. The standard InChI is InChI=1S/C19H29N3O2/c1-5-21-10-11-22(14-15(21)4)17(13-20)16-8-9-18(23-6-2)19(12-16)24-7-3/h8-9,12,15,17H,5-7,10-11,14H2,1-4H3. The van der Waals surface area contributed by atoms with Gasteiger partial charge in [-0.15, -0.1) is 0 Å². The molecule has 0 radical (unpaired) electrons. The lowest BCUT2D eigenvalue weighted by Crippen LogP contribution is -2.52. The summed E-state index contributed by atoms with van der Waals surface area (Å²) in [5, 5.41) is 9.76. The topological polar surface area (TPSA) is 48.7 Å². The van der Waals surface area contributed by atoms with E-state index in [1.165, 1.54) is 0 Å². The first kappa shape index (κ1) is 18.6. The minimum absolute atomic E-state index is 0.249. The van der Waals surface area contributed by atoms with Gasteiger partial charge in [0.2, 0.25) is 0 Å². The van der Waals surface area contributed by atoms with E-state index in [1.807, 2.05) is 32.0 Å². The molecule has 2 unspecified atom stereocenters. The van der Waals surface area contributed by atoms with Crippen LogP contribution in [-0.4, -0.2) is 55.2 Å². The zero-order chi connectivity index (χ0) is 17.5. The van der Waals surface area contributed by atoms with Gasteiger partial charge in [-0.1, -0.05) is 13.0 Å². The third-order valence-corrected chi connectivity index (χ3v) is 4.57. The van der Waals surface area contributed by atoms with Crippen LogP contribution in [0.25, 0.3) is 0 Å². The monoisotopic (exact) mass is 331 g/mol. The molecule has 1 aliphatic heterocycles. The Labute approximate surface area is 145 Å². The molecule has 0 N–H and O–H groups in total. The number of piperazine rings is 1. The fourth-order valence-electron chi connectivity index (χ4n) is 3.33. The summed E-state index contributed by atoms with van der Waals surface area (Å²) in [7, 11) is 0. The smallest absolute Gasteiger partial charge is 0.161 e. The number of ether oxygens (including phenoxy) is 2. The quantitative estimate of drug-likeness (QED) is 0.768. The highest BCUT2D eigenvalue weighted by atomic mass is 16.5. The lowest BCUT2D eigenvalue weighted by molar-refractivity contribution is 0.0729. The normalized spacial score (nSPS) is 20.4. The highest BCUT2D eigenvalue weighted by molar-refractivity contribution is 5.45. The van der Waals surface area contributed by atoms with Crippen molar-refractivity contribution in [2.24, 2.45) is 0 Å². The Morgan fingerprint density at radius 2 is 1.88 bits per heavy atom. The lowest BCUT2D eigenvalue weighted by atomic mass is 10.0. The van der Waals surface area contributed by atoms with Crippen molar-refractivity contribution in [2.45, 2.75) is 39.8 Å². The number of hydrogen-bond donors (Lipinski definition) is 0. The van der Waals surface area contributed by atoms with Gasteiger partial charge in [-0.25, -0.2) is 0 Å². The van der Waals surface area contributed by atoms with Crippen molar-refractivity contribution in [2.75, 3.05) is 39.4 Å². The minimum atomic E-state index is -0.249. The van der Waals surface area contributed by atoms with Crippen molar-refractivity contribution in [1.82, 2.24) is 9.80 Å². The van der Waals surface area contributed by atoms with Gasteiger partial charge in [-0.2, -0.15) is 5.26 Å². The molecular weight excluding hydrogens is 302 g/mol. The Balaban J connectivity index is 2.21. The average molecular weight is 331 g/mol. The maximum Gasteiger partial charge on any atom is 0.161 e. The summed E-state index contributed by atoms with van der Waals surface area (Å²) in [6.07, 6.45) is 0. The molecule has 5 heteroatoms. The maximum absolute atomic E-state index is 9.76. The Morgan fingerprint density at radius 1 is 1.17 bits per heavy atom. The van der Waals surface area contributed by atoms with E-state index >= 15 is 0 Å². The Bertz CT molecular complexity index is 570. The van der Waals surface area contributed by atoms with Crippen LogP contribution in [-0.2, 0) is 0 Å². The zero-order valence-corrected chi connectivity index (χ0v) is 15.3. The molecule has 0 aliphatic carbocycles. The molecule has 1 aliphatic rings. The third kappa shape index (κ3) is 4.19. The van der Waals surface area contributed by atoms with E-state index in [9.17, 15) is 5.26 Å². The van der Waals surface area contributed by atoms with Crippen LogP contribution in [0, 0.1) is 11.3 Å². The number of benzene rings is 1. The number of nitrogens with zero attached hydrogens (tertiary/aromatic N) is 3. The van der Waals surface area contributed by atoms with Crippen molar-refractivity contribution in [3.8, 4) is 17.6 Å². The van der Waals surface area contributed by atoms with Crippen molar-refractivity contribution in [1.29, 1.82) is 5.26 Å². The molecule has 0 bridgehead atoms. The maximum atomic E-state index is 9.76. The van der Waals surface area contributed by atoms with Crippen molar-refractivity contribution in [3.63, 3.8) is 0 Å². The van der Waals surface area contributed by atoms with Gasteiger partial charge in [0.25, 0.3) is 0 Å². The molecule has 2 rings (SSSR count). The largest absolute Gasteiger partial charge is 0.490 e. The van der Waals surface area contributed by atoms with E-state index in [2.05, 4.69) is 29.7 Å². The first-order valence-corrected chi connectivity index (χ1v) is 8.91. The van der Waals surface area contributed by atoms with Gasteiger partial charge in [0.05, 0.1) is 19.3 Å². The molecule has 1 aromatic rings. The molecule has 2 atom stereocenters.